The van der Waals surface area contributed by atoms with Crippen LogP contribution < -0.4 is 0 Å². The van der Waals surface area contributed by atoms with Crippen LogP contribution in [0.25, 0.3) is 0 Å². The molecule has 102 valence electrons. The van der Waals surface area contributed by atoms with Crippen molar-refractivity contribution < 1.29 is 5.11 Å². The number of aliphatic hydroxyl groups excluding tert-OH is 1. The molecule has 19 heavy (non-hydrogen) atoms. The molecule has 0 aliphatic carbocycles. The molecule has 1 aromatic carbocycles. The summed E-state index contributed by atoms with van der Waals surface area (Å²) in [5, 5.41) is 15.0. The van der Waals surface area contributed by atoms with E-state index < -0.39 is 6.10 Å². The van der Waals surface area contributed by atoms with E-state index in [9.17, 15) is 5.11 Å². The average molecular weight is 297 g/mol. The van der Waals surface area contributed by atoms with Gasteiger partial charge in [0, 0.05) is 29.7 Å². The Kier molecular flexibility index (Phi) is 4.91. The van der Waals surface area contributed by atoms with Crippen LogP contribution >= 0.6 is 23.4 Å². The molecule has 1 N–H and O–H groups in total. The summed E-state index contributed by atoms with van der Waals surface area (Å²) in [4.78, 5) is 1.16. The minimum Gasteiger partial charge on any atom is -0.392 e. The van der Waals surface area contributed by atoms with Crippen molar-refractivity contribution in [1.82, 2.24) is 9.78 Å². The average Bonchev–Trinajstić information content (AvgIpc) is 2.64. The highest BCUT2D eigenvalue weighted by molar-refractivity contribution is 7.99. The molecule has 0 fully saturated rings. The lowest BCUT2D eigenvalue weighted by Gasteiger charge is -2.10. The number of nitrogens with zero attached hydrogens (tertiary/aromatic N) is 2. The molecule has 0 spiro atoms. The summed E-state index contributed by atoms with van der Waals surface area (Å²) in [6, 6.07) is 10.1. The molecule has 0 bridgehead atoms. The summed E-state index contributed by atoms with van der Waals surface area (Å²) >= 11 is 7.80. The SMILES string of the molecule is Cc1nn(C)c(Cl)c1CC(O)CSc1ccccc1. The lowest BCUT2D eigenvalue weighted by molar-refractivity contribution is 0.200. The van der Waals surface area contributed by atoms with Crippen LogP contribution in [0, 0.1) is 6.92 Å². The van der Waals surface area contributed by atoms with Gasteiger partial charge >= 0.3 is 0 Å². The largest absolute Gasteiger partial charge is 0.392 e. The maximum atomic E-state index is 10.1. The van der Waals surface area contributed by atoms with Gasteiger partial charge in [-0.15, -0.1) is 11.8 Å². The molecule has 0 radical (unpaired) electrons. The first-order valence-corrected chi connectivity index (χ1v) is 7.48. The summed E-state index contributed by atoms with van der Waals surface area (Å²) in [7, 11) is 1.81. The van der Waals surface area contributed by atoms with Gasteiger partial charge in [-0.05, 0) is 19.1 Å². The predicted octanol–water partition coefficient (Wildman–Crippen LogP) is 3.08. The highest BCUT2D eigenvalue weighted by Crippen LogP contribution is 2.23. The monoisotopic (exact) mass is 296 g/mol. The van der Waals surface area contributed by atoms with E-state index in [0.717, 1.165) is 16.2 Å². The fourth-order valence-electron chi connectivity index (χ4n) is 1.91. The smallest absolute Gasteiger partial charge is 0.130 e. The standard InChI is InChI=1S/C14H17ClN2OS/c1-10-13(14(15)17(2)16-10)8-11(18)9-19-12-6-4-3-5-7-12/h3-7,11,18H,8-9H2,1-2H3. The van der Waals surface area contributed by atoms with Crippen LogP contribution in [-0.2, 0) is 13.5 Å². The zero-order valence-electron chi connectivity index (χ0n) is 11.0. The number of aryl methyl sites for hydroxylation is 2. The molecule has 1 unspecified atom stereocenters. The Bertz CT molecular complexity index is 542. The molecule has 0 aliphatic heterocycles. The molecule has 5 heteroatoms. The number of hydrogen-bond donors (Lipinski definition) is 1. The van der Waals surface area contributed by atoms with Crippen molar-refractivity contribution in [1.29, 1.82) is 0 Å². The first kappa shape index (κ1) is 14.4. The second-order valence-electron chi connectivity index (χ2n) is 4.46. The van der Waals surface area contributed by atoms with Crippen LogP contribution in [0.4, 0.5) is 0 Å². The topological polar surface area (TPSA) is 38.0 Å². The minimum atomic E-state index is -0.425. The van der Waals surface area contributed by atoms with Gasteiger partial charge < -0.3 is 5.11 Å². The Morgan fingerprint density at radius 3 is 2.63 bits per heavy atom. The Hall–Kier alpha value is -0.970. The molecular weight excluding hydrogens is 280 g/mol. The van der Waals surface area contributed by atoms with Gasteiger partial charge in [0.25, 0.3) is 0 Å². The van der Waals surface area contributed by atoms with E-state index in [1.54, 1.807) is 16.4 Å². The van der Waals surface area contributed by atoms with Crippen LogP contribution in [0.3, 0.4) is 0 Å². The second kappa shape index (κ2) is 6.46. The van der Waals surface area contributed by atoms with E-state index in [1.165, 1.54) is 0 Å². The number of rotatable bonds is 5. The Labute approximate surface area is 122 Å². The zero-order valence-corrected chi connectivity index (χ0v) is 12.6. The Morgan fingerprint density at radius 2 is 2.05 bits per heavy atom. The van der Waals surface area contributed by atoms with Crippen molar-refractivity contribution in [3.63, 3.8) is 0 Å². The summed E-state index contributed by atoms with van der Waals surface area (Å²) < 4.78 is 1.64. The molecule has 0 amide bonds. The lowest BCUT2D eigenvalue weighted by atomic mass is 10.1. The lowest BCUT2D eigenvalue weighted by Crippen LogP contribution is -2.14. The number of benzene rings is 1. The van der Waals surface area contributed by atoms with Crippen molar-refractivity contribution in [2.45, 2.75) is 24.3 Å². The van der Waals surface area contributed by atoms with Gasteiger partial charge in [0.2, 0.25) is 0 Å². The van der Waals surface area contributed by atoms with Crippen molar-refractivity contribution in [3.05, 3.63) is 46.7 Å². The third-order valence-electron chi connectivity index (χ3n) is 2.90. The normalized spacial score (nSPS) is 12.6. The third-order valence-corrected chi connectivity index (χ3v) is 4.52. The minimum absolute atomic E-state index is 0.425. The number of hydrogen-bond acceptors (Lipinski definition) is 3. The van der Waals surface area contributed by atoms with E-state index >= 15 is 0 Å². The van der Waals surface area contributed by atoms with Crippen LogP contribution in [0.1, 0.15) is 11.3 Å². The molecule has 2 rings (SSSR count). The van der Waals surface area contributed by atoms with Crippen molar-refractivity contribution >= 4 is 23.4 Å². The Morgan fingerprint density at radius 1 is 1.37 bits per heavy atom. The van der Waals surface area contributed by atoms with E-state index in [0.29, 0.717) is 17.3 Å². The van der Waals surface area contributed by atoms with Gasteiger partial charge in [-0.2, -0.15) is 5.10 Å². The van der Waals surface area contributed by atoms with Crippen LogP contribution in [0.15, 0.2) is 35.2 Å². The van der Waals surface area contributed by atoms with Crippen LogP contribution in [-0.4, -0.2) is 26.7 Å². The predicted molar refractivity (Wildman–Crippen MR) is 79.8 cm³/mol. The summed E-state index contributed by atoms with van der Waals surface area (Å²) in [5.41, 5.74) is 1.82. The van der Waals surface area contributed by atoms with Gasteiger partial charge in [-0.3, -0.25) is 4.68 Å². The summed E-state index contributed by atoms with van der Waals surface area (Å²) in [6.07, 6.45) is 0.115. The van der Waals surface area contributed by atoms with Crippen LogP contribution in [0.2, 0.25) is 5.15 Å². The van der Waals surface area contributed by atoms with E-state index in [-0.39, 0.29) is 0 Å². The third kappa shape index (κ3) is 3.75. The van der Waals surface area contributed by atoms with E-state index in [1.807, 2.05) is 44.3 Å². The molecule has 1 heterocycles. The molecule has 2 aromatic rings. The van der Waals surface area contributed by atoms with Crippen LogP contribution in [0.5, 0.6) is 0 Å². The van der Waals surface area contributed by atoms with Gasteiger partial charge in [0.1, 0.15) is 5.15 Å². The molecule has 0 saturated heterocycles. The van der Waals surface area contributed by atoms with Crippen molar-refractivity contribution in [2.75, 3.05) is 5.75 Å². The molecule has 0 aliphatic rings. The second-order valence-corrected chi connectivity index (χ2v) is 5.91. The highest BCUT2D eigenvalue weighted by atomic mass is 35.5. The molecular formula is C14H17ClN2OS. The number of thioether (sulfide) groups is 1. The highest BCUT2D eigenvalue weighted by Gasteiger charge is 2.15. The zero-order chi connectivity index (χ0) is 13.8. The quantitative estimate of drug-likeness (QED) is 0.862. The fourth-order valence-corrected chi connectivity index (χ4v) is 3.01. The molecule has 0 saturated carbocycles. The van der Waals surface area contributed by atoms with Gasteiger partial charge in [-0.25, -0.2) is 0 Å². The number of aromatic nitrogens is 2. The first-order valence-electron chi connectivity index (χ1n) is 6.12. The van der Waals surface area contributed by atoms with E-state index in [2.05, 4.69) is 5.10 Å². The summed E-state index contributed by atoms with van der Waals surface area (Å²) in [5.74, 6) is 0.647. The summed E-state index contributed by atoms with van der Waals surface area (Å²) in [6.45, 7) is 1.91. The molecule has 3 nitrogen and oxygen atoms in total. The van der Waals surface area contributed by atoms with Gasteiger partial charge in [0.05, 0.1) is 11.8 Å². The number of halogens is 1. The number of aliphatic hydroxyl groups is 1. The van der Waals surface area contributed by atoms with Crippen molar-refractivity contribution in [3.8, 4) is 0 Å². The van der Waals surface area contributed by atoms with Crippen molar-refractivity contribution in [2.24, 2.45) is 7.05 Å². The van der Waals surface area contributed by atoms with E-state index in [4.69, 9.17) is 11.6 Å². The maximum absolute atomic E-state index is 10.1. The fraction of sp³-hybridized carbons (Fsp3) is 0.357. The van der Waals surface area contributed by atoms with Gasteiger partial charge in [0.15, 0.2) is 0 Å². The molecule has 1 aromatic heterocycles. The first-order chi connectivity index (χ1) is 9.08. The Balaban J connectivity index is 1.92. The van der Waals surface area contributed by atoms with Gasteiger partial charge in [-0.1, -0.05) is 29.8 Å². The molecule has 1 atom stereocenters. The maximum Gasteiger partial charge on any atom is 0.130 e.